The van der Waals surface area contributed by atoms with Gasteiger partial charge in [-0.25, -0.2) is 8.42 Å². The second-order valence-electron chi connectivity index (χ2n) is 5.01. The molecular formula is C13H20BrNO2S. The van der Waals surface area contributed by atoms with Crippen molar-refractivity contribution in [3.8, 4) is 0 Å². The fraction of sp³-hybridized carbons (Fsp3) is 0.538. The van der Waals surface area contributed by atoms with Gasteiger partial charge in [0, 0.05) is 16.8 Å². The summed E-state index contributed by atoms with van der Waals surface area (Å²) in [6.45, 7) is 3.53. The van der Waals surface area contributed by atoms with E-state index in [9.17, 15) is 8.42 Å². The van der Waals surface area contributed by atoms with Gasteiger partial charge in [-0.1, -0.05) is 34.1 Å². The molecule has 0 saturated heterocycles. The van der Waals surface area contributed by atoms with Crippen LogP contribution in [0.25, 0.3) is 0 Å². The Morgan fingerprint density at radius 2 is 1.89 bits per heavy atom. The highest BCUT2D eigenvalue weighted by atomic mass is 79.9. The predicted molar refractivity (Wildman–Crippen MR) is 79.6 cm³/mol. The van der Waals surface area contributed by atoms with Crippen LogP contribution in [0.3, 0.4) is 0 Å². The summed E-state index contributed by atoms with van der Waals surface area (Å²) < 4.78 is 24.0. The van der Waals surface area contributed by atoms with Crippen LogP contribution in [0.4, 0.5) is 0 Å². The number of rotatable bonds is 5. The Hall–Kier alpha value is -0.390. The second kappa shape index (κ2) is 5.72. The van der Waals surface area contributed by atoms with E-state index in [1.54, 1.807) is 20.9 Å². The van der Waals surface area contributed by atoms with Crippen LogP contribution in [0.1, 0.15) is 19.4 Å². The lowest BCUT2D eigenvalue weighted by Gasteiger charge is -2.32. The van der Waals surface area contributed by atoms with Gasteiger partial charge in [0.1, 0.15) is 0 Å². The molecule has 1 N–H and O–H groups in total. The van der Waals surface area contributed by atoms with Crippen LogP contribution in [-0.2, 0) is 16.3 Å². The summed E-state index contributed by atoms with van der Waals surface area (Å²) in [6, 6.07) is 7.75. The molecule has 1 unspecified atom stereocenters. The lowest BCUT2D eigenvalue weighted by molar-refractivity contribution is 0.430. The van der Waals surface area contributed by atoms with Crippen LogP contribution >= 0.6 is 15.9 Å². The Kier molecular flexibility index (Phi) is 4.98. The minimum atomic E-state index is -3.12. The van der Waals surface area contributed by atoms with Gasteiger partial charge in [0.2, 0.25) is 0 Å². The highest BCUT2D eigenvalue weighted by Crippen LogP contribution is 2.25. The van der Waals surface area contributed by atoms with Gasteiger partial charge in [-0.2, -0.15) is 0 Å². The average Bonchev–Trinajstić information content (AvgIpc) is 2.26. The van der Waals surface area contributed by atoms with Crippen molar-refractivity contribution >= 4 is 25.8 Å². The maximum absolute atomic E-state index is 11.9. The molecule has 5 heteroatoms. The fourth-order valence-electron chi connectivity index (χ4n) is 1.84. The van der Waals surface area contributed by atoms with E-state index in [0.29, 0.717) is 6.42 Å². The van der Waals surface area contributed by atoms with Gasteiger partial charge in [0.15, 0.2) is 9.84 Å². The largest absolute Gasteiger partial charge is 0.315 e. The average molecular weight is 334 g/mol. The zero-order chi connectivity index (χ0) is 14.0. The number of nitrogens with one attached hydrogen (secondary N) is 1. The number of benzene rings is 1. The summed E-state index contributed by atoms with van der Waals surface area (Å²) in [5.74, 6) is 0. The Morgan fingerprint density at radius 3 is 2.33 bits per heavy atom. The Morgan fingerprint density at radius 1 is 1.33 bits per heavy atom. The quantitative estimate of drug-likeness (QED) is 0.899. The van der Waals surface area contributed by atoms with Crippen LogP contribution in [0, 0.1) is 0 Å². The van der Waals surface area contributed by atoms with Crippen molar-refractivity contribution in [1.29, 1.82) is 0 Å². The summed E-state index contributed by atoms with van der Waals surface area (Å²) in [4.78, 5) is 0. The standard InChI is InChI=1S/C13H20BrNO2S/c1-13(2,18(4,16)17)12(15-3)9-10-7-5-6-8-11(10)14/h5-8,12,15H,9H2,1-4H3. The van der Waals surface area contributed by atoms with Crippen molar-refractivity contribution in [2.75, 3.05) is 13.3 Å². The summed E-state index contributed by atoms with van der Waals surface area (Å²) in [6.07, 6.45) is 1.95. The molecule has 0 bridgehead atoms. The molecule has 1 atom stereocenters. The molecule has 0 aliphatic heterocycles. The van der Waals surface area contributed by atoms with Gasteiger partial charge in [0.25, 0.3) is 0 Å². The molecule has 0 fully saturated rings. The van der Waals surface area contributed by atoms with Crippen molar-refractivity contribution < 1.29 is 8.42 Å². The smallest absolute Gasteiger partial charge is 0.154 e. The van der Waals surface area contributed by atoms with E-state index >= 15 is 0 Å². The monoisotopic (exact) mass is 333 g/mol. The first-order valence-corrected chi connectivity index (χ1v) is 8.49. The van der Waals surface area contributed by atoms with Gasteiger partial charge in [-0.15, -0.1) is 0 Å². The van der Waals surface area contributed by atoms with Crippen LogP contribution in [0.5, 0.6) is 0 Å². The van der Waals surface area contributed by atoms with E-state index in [0.717, 1.165) is 10.0 Å². The molecule has 0 amide bonds. The van der Waals surface area contributed by atoms with E-state index in [-0.39, 0.29) is 6.04 Å². The van der Waals surface area contributed by atoms with Crippen molar-refractivity contribution in [3.63, 3.8) is 0 Å². The maximum Gasteiger partial charge on any atom is 0.154 e. The third-order valence-corrected chi connectivity index (χ3v) is 6.49. The number of hydrogen-bond acceptors (Lipinski definition) is 3. The van der Waals surface area contributed by atoms with E-state index in [1.165, 1.54) is 6.26 Å². The van der Waals surface area contributed by atoms with E-state index in [2.05, 4.69) is 21.2 Å². The normalized spacial score (nSPS) is 14.5. The SMILES string of the molecule is CNC(Cc1ccccc1Br)C(C)(C)S(C)(=O)=O. The maximum atomic E-state index is 11.9. The van der Waals surface area contributed by atoms with Crippen LogP contribution in [-0.4, -0.2) is 32.5 Å². The van der Waals surface area contributed by atoms with Gasteiger partial charge < -0.3 is 5.32 Å². The van der Waals surface area contributed by atoms with Crippen molar-refractivity contribution in [2.24, 2.45) is 0 Å². The molecule has 0 aliphatic rings. The lowest BCUT2D eigenvalue weighted by atomic mass is 9.96. The van der Waals surface area contributed by atoms with E-state index < -0.39 is 14.6 Å². The van der Waals surface area contributed by atoms with Crippen LogP contribution in [0.2, 0.25) is 0 Å². The number of likely N-dealkylation sites (N-methyl/N-ethyl adjacent to an activating group) is 1. The summed E-state index contributed by atoms with van der Waals surface area (Å²) in [5.41, 5.74) is 1.11. The zero-order valence-corrected chi connectivity index (χ0v) is 13.6. The molecule has 0 aromatic heterocycles. The topological polar surface area (TPSA) is 46.2 Å². The van der Waals surface area contributed by atoms with E-state index in [4.69, 9.17) is 0 Å². The predicted octanol–water partition coefficient (Wildman–Crippen LogP) is 2.40. The van der Waals surface area contributed by atoms with Gasteiger partial charge in [-0.3, -0.25) is 0 Å². The van der Waals surface area contributed by atoms with Crippen LogP contribution in [0.15, 0.2) is 28.7 Å². The first-order valence-electron chi connectivity index (χ1n) is 5.80. The lowest BCUT2D eigenvalue weighted by Crippen LogP contribution is -2.51. The Balaban J connectivity index is 3.04. The molecule has 0 spiro atoms. The highest BCUT2D eigenvalue weighted by Gasteiger charge is 2.38. The highest BCUT2D eigenvalue weighted by molar-refractivity contribution is 9.10. The van der Waals surface area contributed by atoms with Gasteiger partial charge in [-0.05, 0) is 38.9 Å². The summed E-state index contributed by atoms with van der Waals surface area (Å²) >= 11 is 3.49. The molecule has 1 aromatic carbocycles. The van der Waals surface area contributed by atoms with E-state index in [1.807, 2.05) is 24.3 Å². The number of sulfone groups is 1. The first-order chi connectivity index (χ1) is 8.20. The molecule has 0 aliphatic carbocycles. The third-order valence-electron chi connectivity index (χ3n) is 3.53. The number of halogens is 1. The van der Waals surface area contributed by atoms with Crippen molar-refractivity contribution in [2.45, 2.75) is 31.1 Å². The molecule has 0 heterocycles. The summed E-state index contributed by atoms with van der Waals surface area (Å²) in [7, 11) is -1.32. The Labute approximate surface area is 118 Å². The third kappa shape index (κ3) is 3.33. The molecule has 0 radical (unpaired) electrons. The molecule has 0 saturated carbocycles. The Bertz CT molecular complexity index is 511. The van der Waals surface area contributed by atoms with Crippen LogP contribution < -0.4 is 5.32 Å². The zero-order valence-electron chi connectivity index (χ0n) is 11.2. The molecule has 1 aromatic rings. The second-order valence-corrected chi connectivity index (χ2v) is 8.46. The molecular weight excluding hydrogens is 314 g/mol. The minimum absolute atomic E-state index is 0.133. The van der Waals surface area contributed by atoms with Gasteiger partial charge in [0.05, 0.1) is 4.75 Å². The minimum Gasteiger partial charge on any atom is -0.315 e. The van der Waals surface area contributed by atoms with Gasteiger partial charge >= 0.3 is 0 Å². The molecule has 102 valence electrons. The van der Waals surface area contributed by atoms with Crippen molar-refractivity contribution in [3.05, 3.63) is 34.3 Å². The van der Waals surface area contributed by atoms with Crippen molar-refractivity contribution in [1.82, 2.24) is 5.32 Å². The summed E-state index contributed by atoms with van der Waals surface area (Å²) in [5, 5.41) is 3.12. The first kappa shape index (κ1) is 15.7. The fourth-order valence-corrected chi connectivity index (χ4v) is 3.00. The molecule has 3 nitrogen and oxygen atoms in total. The molecule has 18 heavy (non-hydrogen) atoms. The molecule has 1 rings (SSSR count). The number of hydrogen-bond donors (Lipinski definition) is 1.